The minimum atomic E-state index is 0.0610. The zero-order valence-corrected chi connectivity index (χ0v) is 8.91. The topological polar surface area (TPSA) is 75.9 Å². The highest BCUT2D eigenvalue weighted by Gasteiger charge is 2.10. The van der Waals surface area contributed by atoms with Gasteiger partial charge >= 0.3 is 0 Å². The van der Waals surface area contributed by atoms with E-state index in [1.807, 2.05) is 40.9 Å². The monoisotopic (exact) mass is 226 g/mol. The summed E-state index contributed by atoms with van der Waals surface area (Å²) in [4.78, 5) is 4.48. The smallest absolute Gasteiger partial charge is 0.173 e. The molecule has 0 fully saturated rings. The summed E-state index contributed by atoms with van der Waals surface area (Å²) in [5, 5.41) is 11.8. The summed E-state index contributed by atoms with van der Waals surface area (Å²) < 4.78 is 1.92. The summed E-state index contributed by atoms with van der Waals surface area (Å²) >= 11 is 0. The number of hydrogen-bond donors (Lipinski definition) is 2. The maximum absolute atomic E-state index is 8.75. The average Bonchev–Trinajstić information content (AvgIpc) is 2.76. The molecule has 0 aliphatic heterocycles. The normalized spacial score (nSPS) is 12.4. The third kappa shape index (κ3) is 1.32. The molecular weight excluding hydrogens is 216 g/mol. The van der Waals surface area contributed by atoms with Crippen LogP contribution < -0.4 is 5.73 Å². The van der Waals surface area contributed by atoms with Gasteiger partial charge < -0.3 is 10.9 Å². The molecule has 0 atom stereocenters. The van der Waals surface area contributed by atoms with Gasteiger partial charge in [0.1, 0.15) is 5.65 Å². The van der Waals surface area contributed by atoms with Gasteiger partial charge in [-0.1, -0.05) is 17.3 Å². The molecular formula is C12H10N4O. The van der Waals surface area contributed by atoms with Crippen LogP contribution >= 0.6 is 0 Å². The highest BCUT2D eigenvalue weighted by molar-refractivity contribution is 6.03. The van der Waals surface area contributed by atoms with Gasteiger partial charge in [-0.05, 0) is 24.3 Å². The summed E-state index contributed by atoms with van der Waals surface area (Å²) in [6.45, 7) is 0. The van der Waals surface area contributed by atoms with Gasteiger partial charge in [-0.3, -0.25) is 4.40 Å². The van der Waals surface area contributed by atoms with E-state index >= 15 is 0 Å². The molecule has 0 spiro atoms. The molecule has 3 N–H and O–H groups in total. The number of aromatic nitrogens is 2. The van der Waals surface area contributed by atoms with Gasteiger partial charge in [0.15, 0.2) is 5.84 Å². The van der Waals surface area contributed by atoms with Gasteiger partial charge in [0.05, 0.1) is 16.6 Å². The Balaban J connectivity index is 2.48. The largest absolute Gasteiger partial charge is 0.409 e. The molecule has 0 aliphatic carbocycles. The molecule has 3 rings (SSSR count). The molecule has 0 amide bonds. The zero-order chi connectivity index (χ0) is 11.8. The molecule has 2 aromatic heterocycles. The lowest BCUT2D eigenvalue weighted by molar-refractivity contribution is 0.318. The first-order valence-electron chi connectivity index (χ1n) is 5.15. The van der Waals surface area contributed by atoms with E-state index in [2.05, 4.69) is 10.1 Å². The standard InChI is InChI=1S/C12H10N4O/c13-11(15-17)8-4-3-7-16-10-6-2-1-5-9(10)14-12(8)16/h1-7,17H,(H2,13,15). The van der Waals surface area contributed by atoms with Crippen LogP contribution in [-0.2, 0) is 0 Å². The van der Waals surface area contributed by atoms with Crippen LogP contribution in [0, 0.1) is 0 Å². The molecule has 0 unspecified atom stereocenters. The predicted molar refractivity (Wildman–Crippen MR) is 65.2 cm³/mol. The fourth-order valence-electron chi connectivity index (χ4n) is 1.94. The molecule has 0 saturated carbocycles. The quantitative estimate of drug-likeness (QED) is 0.286. The minimum absolute atomic E-state index is 0.0610. The first-order chi connectivity index (χ1) is 8.31. The van der Waals surface area contributed by atoms with Crippen LogP contribution in [-0.4, -0.2) is 20.4 Å². The Hall–Kier alpha value is -2.56. The van der Waals surface area contributed by atoms with Crippen molar-refractivity contribution in [2.45, 2.75) is 0 Å². The first kappa shape index (κ1) is 9.65. The lowest BCUT2D eigenvalue weighted by Gasteiger charge is -2.01. The SMILES string of the molecule is NC(=NO)c1cccn2c1nc1ccccc12. The van der Waals surface area contributed by atoms with Gasteiger partial charge in [-0.15, -0.1) is 0 Å². The molecule has 5 nitrogen and oxygen atoms in total. The van der Waals surface area contributed by atoms with Crippen molar-refractivity contribution in [3.8, 4) is 0 Å². The van der Waals surface area contributed by atoms with Crippen molar-refractivity contribution in [2.75, 3.05) is 0 Å². The number of hydrogen-bond acceptors (Lipinski definition) is 3. The second kappa shape index (κ2) is 3.48. The Morgan fingerprint density at radius 1 is 1.24 bits per heavy atom. The lowest BCUT2D eigenvalue weighted by atomic mass is 10.2. The van der Waals surface area contributed by atoms with E-state index in [4.69, 9.17) is 10.9 Å². The number of imidazole rings is 1. The van der Waals surface area contributed by atoms with Crippen molar-refractivity contribution in [1.82, 2.24) is 9.38 Å². The second-order valence-corrected chi connectivity index (χ2v) is 3.70. The van der Waals surface area contributed by atoms with Gasteiger partial charge in [-0.2, -0.15) is 0 Å². The molecule has 1 aromatic carbocycles. The summed E-state index contributed by atoms with van der Waals surface area (Å²) in [5.41, 5.74) is 8.81. The Morgan fingerprint density at radius 2 is 2.06 bits per heavy atom. The van der Waals surface area contributed by atoms with Gasteiger partial charge in [-0.25, -0.2) is 4.98 Å². The number of benzene rings is 1. The number of pyridine rings is 1. The number of oxime groups is 1. The Morgan fingerprint density at radius 3 is 2.88 bits per heavy atom. The van der Waals surface area contributed by atoms with E-state index in [0.29, 0.717) is 11.2 Å². The Bertz CT molecular complexity index is 730. The maximum atomic E-state index is 8.75. The molecule has 0 aliphatic rings. The Kier molecular flexibility index (Phi) is 1.98. The minimum Gasteiger partial charge on any atom is -0.409 e. The van der Waals surface area contributed by atoms with Crippen LogP contribution in [0.25, 0.3) is 16.7 Å². The number of nitrogens with zero attached hydrogens (tertiary/aromatic N) is 3. The highest BCUT2D eigenvalue weighted by Crippen LogP contribution is 2.18. The molecule has 0 saturated heterocycles. The van der Waals surface area contributed by atoms with Crippen LogP contribution in [0.15, 0.2) is 47.8 Å². The molecule has 17 heavy (non-hydrogen) atoms. The first-order valence-corrected chi connectivity index (χ1v) is 5.15. The number of nitrogens with two attached hydrogens (primary N) is 1. The van der Waals surface area contributed by atoms with Crippen LogP contribution in [0.4, 0.5) is 0 Å². The zero-order valence-electron chi connectivity index (χ0n) is 8.91. The maximum Gasteiger partial charge on any atom is 0.173 e. The van der Waals surface area contributed by atoms with Crippen molar-refractivity contribution >= 4 is 22.5 Å². The third-order valence-corrected chi connectivity index (χ3v) is 2.72. The van der Waals surface area contributed by atoms with E-state index in [1.165, 1.54) is 0 Å². The summed E-state index contributed by atoms with van der Waals surface area (Å²) in [6, 6.07) is 11.4. The van der Waals surface area contributed by atoms with Crippen molar-refractivity contribution in [2.24, 2.45) is 10.9 Å². The van der Waals surface area contributed by atoms with Crippen LogP contribution in [0.2, 0.25) is 0 Å². The van der Waals surface area contributed by atoms with Crippen LogP contribution in [0.1, 0.15) is 5.56 Å². The average molecular weight is 226 g/mol. The fourth-order valence-corrected chi connectivity index (χ4v) is 1.94. The van der Waals surface area contributed by atoms with E-state index in [0.717, 1.165) is 11.0 Å². The van der Waals surface area contributed by atoms with Crippen molar-refractivity contribution < 1.29 is 5.21 Å². The van der Waals surface area contributed by atoms with E-state index in [-0.39, 0.29) is 5.84 Å². The molecule has 2 heterocycles. The van der Waals surface area contributed by atoms with Crippen LogP contribution in [0.5, 0.6) is 0 Å². The molecule has 5 heteroatoms. The number of para-hydroxylation sites is 2. The van der Waals surface area contributed by atoms with E-state index < -0.39 is 0 Å². The van der Waals surface area contributed by atoms with Crippen molar-refractivity contribution in [3.05, 3.63) is 48.2 Å². The highest BCUT2D eigenvalue weighted by atomic mass is 16.4. The van der Waals surface area contributed by atoms with Crippen molar-refractivity contribution in [1.29, 1.82) is 0 Å². The summed E-state index contributed by atoms with van der Waals surface area (Å²) in [6.07, 6.45) is 1.90. The van der Waals surface area contributed by atoms with Crippen LogP contribution in [0.3, 0.4) is 0 Å². The Labute approximate surface area is 96.8 Å². The van der Waals surface area contributed by atoms with Gasteiger partial charge in [0.2, 0.25) is 0 Å². The summed E-state index contributed by atoms with van der Waals surface area (Å²) in [7, 11) is 0. The third-order valence-electron chi connectivity index (χ3n) is 2.72. The molecule has 0 bridgehead atoms. The summed E-state index contributed by atoms with van der Waals surface area (Å²) in [5.74, 6) is 0.0610. The molecule has 0 radical (unpaired) electrons. The number of rotatable bonds is 1. The number of fused-ring (bicyclic) bond motifs is 3. The predicted octanol–water partition coefficient (Wildman–Crippen LogP) is 1.58. The molecule has 84 valence electrons. The lowest BCUT2D eigenvalue weighted by Crippen LogP contribution is -2.14. The van der Waals surface area contributed by atoms with E-state index in [1.54, 1.807) is 6.07 Å². The van der Waals surface area contributed by atoms with Crippen molar-refractivity contribution in [3.63, 3.8) is 0 Å². The number of amidine groups is 1. The fraction of sp³-hybridized carbons (Fsp3) is 0. The molecule has 3 aromatic rings. The van der Waals surface area contributed by atoms with Gasteiger partial charge in [0.25, 0.3) is 0 Å². The second-order valence-electron chi connectivity index (χ2n) is 3.70. The van der Waals surface area contributed by atoms with Gasteiger partial charge in [0, 0.05) is 6.20 Å². The van der Waals surface area contributed by atoms with E-state index in [9.17, 15) is 0 Å².